The second-order valence-electron chi connectivity index (χ2n) is 2.94. The maximum Gasteiger partial charge on any atom is 0.354 e. The van der Waals surface area contributed by atoms with Crippen LogP contribution in [0.2, 0.25) is 0 Å². The lowest BCUT2D eigenvalue weighted by Gasteiger charge is -2.29. The van der Waals surface area contributed by atoms with Crippen LogP contribution in [-0.4, -0.2) is 22.8 Å². The van der Waals surface area contributed by atoms with Crippen molar-refractivity contribution in [2.24, 2.45) is 5.73 Å². The van der Waals surface area contributed by atoms with Crippen LogP contribution in [0.5, 0.6) is 0 Å². The fourth-order valence-corrected chi connectivity index (χ4v) is 0.872. The van der Waals surface area contributed by atoms with Gasteiger partial charge in [-0.1, -0.05) is 0 Å². The molecule has 6 heteroatoms. The molecule has 0 bridgehead atoms. The van der Waals surface area contributed by atoms with Crippen LogP contribution in [0.3, 0.4) is 0 Å². The molecule has 13 heavy (non-hydrogen) atoms. The van der Waals surface area contributed by atoms with Crippen LogP contribution in [0.1, 0.15) is 13.8 Å². The Hall–Kier alpha value is -1.72. The molecule has 0 aliphatic carbocycles. The first kappa shape index (κ1) is 9.37. The first-order chi connectivity index (χ1) is 5.83. The highest BCUT2D eigenvalue weighted by Gasteiger charge is 2.38. The topological polar surface area (TPSA) is 98.9 Å². The van der Waals surface area contributed by atoms with Crippen molar-refractivity contribution in [1.29, 1.82) is 0 Å². The minimum atomic E-state index is -1.28. The van der Waals surface area contributed by atoms with Crippen LogP contribution in [0.4, 0.5) is 0 Å². The number of cyclic esters (lactones) is 1. The number of hydrogen-bond acceptors (Lipinski definition) is 5. The number of esters is 1. The van der Waals surface area contributed by atoms with Gasteiger partial charge in [0.25, 0.3) is 11.7 Å². The summed E-state index contributed by atoms with van der Waals surface area (Å²) < 4.78 is 9.35. The molecule has 1 aliphatic rings. The molecule has 0 saturated carbocycles. The maximum absolute atomic E-state index is 11.0. The summed E-state index contributed by atoms with van der Waals surface area (Å²) in [5, 5.41) is 9.10. The largest absolute Gasteiger partial charge is 0.480 e. The van der Waals surface area contributed by atoms with Gasteiger partial charge in [0.05, 0.1) is 0 Å². The quantitative estimate of drug-likeness (QED) is 0.428. The average Bonchev–Trinajstić information content (AvgIpc) is 1.78. The fraction of sp³-hybridized carbons (Fsp3) is 0.429. The van der Waals surface area contributed by atoms with Crippen molar-refractivity contribution < 1.29 is 24.2 Å². The second-order valence-corrected chi connectivity index (χ2v) is 2.94. The highest BCUT2D eigenvalue weighted by molar-refractivity contribution is 6.16. The Balaban J connectivity index is 3.09. The van der Waals surface area contributed by atoms with Crippen LogP contribution in [-0.2, 0) is 19.1 Å². The molecule has 0 aromatic rings. The van der Waals surface area contributed by atoms with E-state index in [9.17, 15) is 9.59 Å². The third-order valence-corrected chi connectivity index (χ3v) is 1.35. The van der Waals surface area contributed by atoms with Gasteiger partial charge in [-0.25, -0.2) is 4.79 Å². The summed E-state index contributed by atoms with van der Waals surface area (Å²) in [6.45, 7) is 2.83. The lowest BCUT2D eigenvalue weighted by atomic mass is 10.2. The van der Waals surface area contributed by atoms with E-state index in [0.29, 0.717) is 0 Å². The van der Waals surface area contributed by atoms with E-state index in [0.717, 1.165) is 0 Å². The Morgan fingerprint density at radius 2 is 2.00 bits per heavy atom. The van der Waals surface area contributed by atoms with Crippen LogP contribution in [0, 0.1) is 0 Å². The number of rotatable bonds is 1. The van der Waals surface area contributed by atoms with Crippen LogP contribution >= 0.6 is 0 Å². The van der Waals surface area contributed by atoms with Crippen molar-refractivity contribution in [1.82, 2.24) is 0 Å². The SMILES string of the molecule is CC1(C)OC(=O)C(C(N)=O)=C(O)O1. The molecule has 0 aromatic carbocycles. The number of aliphatic hydroxyl groups is 1. The Morgan fingerprint density at radius 3 is 2.38 bits per heavy atom. The summed E-state index contributed by atoms with van der Waals surface area (Å²) >= 11 is 0. The van der Waals surface area contributed by atoms with E-state index in [1.807, 2.05) is 0 Å². The number of ether oxygens (including phenoxy) is 2. The molecule has 0 fully saturated rings. The van der Waals surface area contributed by atoms with Crippen LogP contribution < -0.4 is 5.73 Å². The Bertz CT molecular complexity index is 304. The lowest BCUT2D eigenvalue weighted by Crippen LogP contribution is -2.40. The molecule has 3 N–H and O–H groups in total. The van der Waals surface area contributed by atoms with E-state index in [2.05, 4.69) is 4.74 Å². The molecule has 72 valence electrons. The van der Waals surface area contributed by atoms with E-state index in [1.165, 1.54) is 13.8 Å². The normalized spacial score (nSPS) is 20.6. The highest BCUT2D eigenvalue weighted by Crippen LogP contribution is 2.24. The molecule has 1 rings (SSSR count). The van der Waals surface area contributed by atoms with Gasteiger partial charge in [-0.05, 0) is 0 Å². The van der Waals surface area contributed by atoms with Crippen molar-refractivity contribution in [2.75, 3.05) is 0 Å². The number of aliphatic hydroxyl groups excluding tert-OH is 1. The molecular weight excluding hydrogens is 178 g/mol. The van der Waals surface area contributed by atoms with Gasteiger partial charge in [-0.2, -0.15) is 0 Å². The first-order valence-corrected chi connectivity index (χ1v) is 3.49. The van der Waals surface area contributed by atoms with Gasteiger partial charge in [0.1, 0.15) is 0 Å². The van der Waals surface area contributed by atoms with Gasteiger partial charge in [-0.3, -0.25) is 4.79 Å². The predicted molar refractivity (Wildman–Crippen MR) is 40.1 cm³/mol. The molecule has 0 unspecified atom stereocenters. The Morgan fingerprint density at radius 1 is 1.46 bits per heavy atom. The number of carbonyl (C=O) groups excluding carboxylic acids is 2. The molecule has 0 radical (unpaired) electrons. The van der Waals surface area contributed by atoms with Crippen molar-refractivity contribution in [2.45, 2.75) is 19.6 Å². The molecule has 6 nitrogen and oxygen atoms in total. The fourth-order valence-electron chi connectivity index (χ4n) is 0.872. The molecule has 0 saturated heterocycles. The van der Waals surface area contributed by atoms with Crippen molar-refractivity contribution in [3.63, 3.8) is 0 Å². The lowest BCUT2D eigenvalue weighted by molar-refractivity contribution is -0.221. The van der Waals surface area contributed by atoms with Gasteiger partial charge in [-0.15, -0.1) is 0 Å². The third kappa shape index (κ3) is 1.71. The van der Waals surface area contributed by atoms with Gasteiger partial charge >= 0.3 is 11.9 Å². The summed E-state index contributed by atoms with van der Waals surface area (Å²) in [7, 11) is 0. The number of carbonyl (C=O) groups is 2. The van der Waals surface area contributed by atoms with E-state index >= 15 is 0 Å². The molecule has 0 spiro atoms. The number of amides is 1. The zero-order valence-electron chi connectivity index (χ0n) is 7.16. The van der Waals surface area contributed by atoms with Gasteiger partial charge in [0.2, 0.25) is 5.57 Å². The number of hydrogen-bond donors (Lipinski definition) is 2. The molecule has 1 amide bonds. The van der Waals surface area contributed by atoms with Gasteiger partial charge in [0.15, 0.2) is 0 Å². The van der Waals surface area contributed by atoms with Crippen molar-refractivity contribution in [3.05, 3.63) is 11.5 Å². The highest BCUT2D eigenvalue weighted by atomic mass is 16.8. The zero-order valence-corrected chi connectivity index (χ0v) is 7.16. The van der Waals surface area contributed by atoms with E-state index in [4.69, 9.17) is 15.6 Å². The summed E-state index contributed by atoms with van der Waals surface area (Å²) in [4.78, 5) is 21.7. The zero-order chi connectivity index (χ0) is 10.2. The summed E-state index contributed by atoms with van der Waals surface area (Å²) in [6.07, 6.45) is 0. The first-order valence-electron chi connectivity index (χ1n) is 3.49. The monoisotopic (exact) mass is 187 g/mol. The molecule has 1 aliphatic heterocycles. The van der Waals surface area contributed by atoms with E-state index < -0.39 is 29.2 Å². The summed E-state index contributed by atoms with van der Waals surface area (Å²) in [5.74, 6) is -4.15. The minimum Gasteiger partial charge on any atom is -0.480 e. The number of nitrogens with two attached hydrogens (primary N) is 1. The van der Waals surface area contributed by atoms with Gasteiger partial charge < -0.3 is 20.3 Å². The molecule has 0 aromatic heterocycles. The van der Waals surface area contributed by atoms with Crippen LogP contribution in [0.25, 0.3) is 0 Å². The molecule has 0 atom stereocenters. The second kappa shape index (κ2) is 2.65. The minimum absolute atomic E-state index is 0.667. The standard InChI is InChI=1S/C7H9NO5/c1-7(2)12-5(10)3(4(8)9)6(11)13-7/h10H,1-2H3,(H2,8,9). The Kier molecular flexibility index (Phi) is 1.91. The Labute approximate surface area is 73.9 Å². The molecule has 1 heterocycles. The predicted octanol–water partition coefficient (Wildman–Crippen LogP) is -0.449. The number of primary amides is 1. The summed E-state index contributed by atoms with van der Waals surface area (Å²) in [6, 6.07) is 0. The van der Waals surface area contributed by atoms with Crippen molar-refractivity contribution in [3.8, 4) is 0 Å². The van der Waals surface area contributed by atoms with Crippen LogP contribution in [0.15, 0.2) is 11.5 Å². The average molecular weight is 187 g/mol. The van der Waals surface area contributed by atoms with E-state index in [1.54, 1.807) is 0 Å². The third-order valence-electron chi connectivity index (χ3n) is 1.35. The smallest absolute Gasteiger partial charge is 0.354 e. The maximum atomic E-state index is 11.0. The van der Waals surface area contributed by atoms with Gasteiger partial charge in [0, 0.05) is 13.8 Å². The van der Waals surface area contributed by atoms with Crippen molar-refractivity contribution >= 4 is 11.9 Å². The summed E-state index contributed by atoms with van der Waals surface area (Å²) in [5.41, 5.74) is 4.13. The molecular formula is C7H9NO5. The van der Waals surface area contributed by atoms with E-state index in [-0.39, 0.29) is 0 Å².